The summed E-state index contributed by atoms with van der Waals surface area (Å²) in [5, 5.41) is 9.73. The van der Waals surface area contributed by atoms with Gasteiger partial charge >= 0.3 is 0 Å². The maximum atomic E-state index is 9.73. The summed E-state index contributed by atoms with van der Waals surface area (Å²) in [6.07, 6.45) is 3.57. The molecule has 0 amide bonds. The SMILES string of the molecule is Cn1cnc2c(N3CC(C)(O)C3)nccc21. The fourth-order valence-electron chi connectivity index (χ4n) is 2.21. The monoisotopic (exact) mass is 218 g/mol. The van der Waals surface area contributed by atoms with Gasteiger partial charge in [0.05, 0.1) is 17.4 Å². The summed E-state index contributed by atoms with van der Waals surface area (Å²) in [4.78, 5) is 10.7. The predicted octanol–water partition coefficient (Wildman–Crippen LogP) is 0.539. The summed E-state index contributed by atoms with van der Waals surface area (Å²) in [6, 6.07) is 1.95. The second kappa shape index (κ2) is 2.95. The smallest absolute Gasteiger partial charge is 0.156 e. The molecule has 2 aromatic heterocycles. The molecule has 0 saturated carbocycles. The largest absolute Gasteiger partial charge is 0.386 e. The number of β-amino-alcohol motifs (C(OH)–C–C–N with tert-alkyl or cyclic N) is 1. The highest BCUT2D eigenvalue weighted by molar-refractivity contribution is 5.86. The summed E-state index contributed by atoms with van der Waals surface area (Å²) in [6.45, 7) is 3.08. The Kier molecular flexibility index (Phi) is 1.77. The molecule has 0 radical (unpaired) electrons. The number of hydrogen-bond acceptors (Lipinski definition) is 4. The minimum Gasteiger partial charge on any atom is -0.386 e. The summed E-state index contributed by atoms with van der Waals surface area (Å²) in [5.41, 5.74) is 1.38. The van der Waals surface area contributed by atoms with E-state index >= 15 is 0 Å². The summed E-state index contributed by atoms with van der Waals surface area (Å²) >= 11 is 0. The number of rotatable bonds is 1. The first-order chi connectivity index (χ1) is 7.57. The first kappa shape index (κ1) is 9.59. The van der Waals surface area contributed by atoms with Crippen LogP contribution in [0.1, 0.15) is 6.92 Å². The topological polar surface area (TPSA) is 54.2 Å². The van der Waals surface area contributed by atoms with Gasteiger partial charge in [-0.3, -0.25) is 0 Å². The molecule has 2 aromatic rings. The van der Waals surface area contributed by atoms with Crippen LogP contribution in [-0.2, 0) is 7.05 Å². The van der Waals surface area contributed by atoms with Crippen LogP contribution in [0, 0.1) is 0 Å². The maximum absolute atomic E-state index is 9.73. The lowest BCUT2D eigenvalue weighted by Gasteiger charge is -2.44. The van der Waals surface area contributed by atoms with Gasteiger partial charge in [0.15, 0.2) is 5.82 Å². The molecule has 16 heavy (non-hydrogen) atoms. The summed E-state index contributed by atoms with van der Waals surface area (Å²) in [7, 11) is 1.96. The number of nitrogens with zero attached hydrogens (tertiary/aromatic N) is 4. The Morgan fingerprint density at radius 3 is 2.81 bits per heavy atom. The first-order valence-corrected chi connectivity index (χ1v) is 5.30. The third kappa shape index (κ3) is 1.28. The number of aryl methyl sites for hydroxylation is 1. The van der Waals surface area contributed by atoms with E-state index in [0.29, 0.717) is 13.1 Å². The van der Waals surface area contributed by atoms with Gasteiger partial charge in [-0.05, 0) is 13.0 Å². The van der Waals surface area contributed by atoms with Crippen molar-refractivity contribution >= 4 is 16.9 Å². The fraction of sp³-hybridized carbons (Fsp3) is 0.455. The molecule has 1 aliphatic heterocycles. The van der Waals surface area contributed by atoms with Crippen molar-refractivity contribution in [3.8, 4) is 0 Å². The van der Waals surface area contributed by atoms with Gasteiger partial charge in [-0.25, -0.2) is 9.97 Å². The minimum absolute atomic E-state index is 0.585. The molecular weight excluding hydrogens is 204 g/mol. The van der Waals surface area contributed by atoms with Crippen molar-refractivity contribution in [1.29, 1.82) is 0 Å². The molecular formula is C11H14N4O. The molecule has 5 heteroatoms. The van der Waals surface area contributed by atoms with E-state index in [0.717, 1.165) is 16.9 Å². The Bertz CT molecular complexity index is 538. The summed E-state index contributed by atoms with van der Waals surface area (Å²) in [5.74, 6) is 0.865. The van der Waals surface area contributed by atoms with E-state index in [2.05, 4.69) is 14.9 Å². The van der Waals surface area contributed by atoms with E-state index in [9.17, 15) is 5.11 Å². The van der Waals surface area contributed by atoms with Gasteiger partial charge in [0.25, 0.3) is 0 Å². The number of pyridine rings is 1. The fourth-order valence-corrected chi connectivity index (χ4v) is 2.21. The van der Waals surface area contributed by atoms with Crippen molar-refractivity contribution in [2.24, 2.45) is 7.05 Å². The van der Waals surface area contributed by atoms with Gasteiger partial charge in [0, 0.05) is 26.3 Å². The average Bonchev–Trinajstić information content (AvgIpc) is 2.57. The van der Waals surface area contributed by atoms with Crippen LogP contribution < -0.4 is 4.90 Å². The van der Waals surface area contributed by atoms with Gasteiger partial charge in [0.1, 0.15) is 5.52 Å². The highest BCUT2D eigenvalue weighted by Gasteiger charge is 2.38. The Labute approximate surface area is 93.3 Å². The average molecular weight is 218 g/mol. The molecule has 1 aliphatic rings. The zero-order chi connectivity index (χ0) is 11.3. The minimum atomic E-state index is -0.585. The van der Waals surface area contributed by atoms with Crippen LogP contribution in [0.25, 0.3) is 11.0 Å². The van der Waals surface area contributed by atoms with E-state index in [1.54, 1.807) is 12.5 Å². The van der Waals surface area contributed by atoms with Crippen molar-refractivity contribution in [3.63, 3.8) is 0 Å². The molecule has 1 N–H and O–H groups in total. The van der Waals surface area contributed by atoms with Crippen LogP contribution in [0.3, 0.4) is 0 Å². The highest BCUT2D eigenvalue weighted by atomic mass is 16.3. The molecule has 0 atom stereocenters. The molecule has 3 heterocycles. The van der Waals surface area contributed by atoms with Gasteiger partial charge in [-0.2, -0.15) is 0 Å². The molecule has 0 aliphatic carbocycles. The van der Waals surface area contributed by atoms with Crippen molar-refractivity contribution in [2.75, 3.05) is 18.0 Å². The van der Waals surface area contributed by atoms with E-state index < -0.39 is 5.60 Å². The molecule has 0 unspecified atom stereocenters. The Hall–Kier alpha value is -1.62. The Morgan fingerprint density at radius 1 is 1.38 bits per heavy atom. The molecule has 0 aromatic carbocycles. The second-order valence-electron chi connectivity index (χ2n) is 4.71. The second-order valence-corrected chi connectivity index (χ2v) is 4.71. The predicted molar refractivity (Wildman–Crippen MR) is 61.3 cm³/mol. The Balaban J connectivity index is 2.05. The van der Waals surface area contributed by atoms with E-state index in [-0.39, 0.29) is 0 Å². The van der Waals surface area contributed by atoms with Gasteiger partial charge in [-0.1, -0.05) is 0 Å². The van der Waals surface area contributed by atoms with Crippen LogP contribution >= 0.6 is 0 Å². The van der Waals surface area contributed by atoms with Crippen molar-refractivity contribution < 1.29 is 5.11 Å². The zero-order valence-electron chi connectivity index (χ0n) is 9.38. The van der Waals surface area contributed by atoms with Crippen LogP contribution in [0.5, 0.6) is 0 Å². The lowest BCUT2D eigenvalue weighted by Crippen LogP contribution is -2.60. The zero-order valence-corrected chi connectivity index (χ0v) is 9.38. The molecule has 5 nitrogen and oxygen atoms in total. The first-order valence-electron chi connectivity index (χ1n) is 5.30. The lowest BCUT2D eigenvalue weighted by molar-refractivity contribution is 0.0307. The normalized spacial score (nSPS) is 18.8. The molecule has 1 saturated heterocycles. The van der Waals surface area contributed by atoms with Crippen LogP contribution in [0.4, 0.5) is 5.82 Å². The third-order valence-electron chi connectivity index (χ3n) is 2.99. The number of imidazole rings is 1. The van der Waals surface area contributed by atoms with Crippen LogP contribution in [-0.4, -0.2) is 38.3 Å². The van der Waals surface area contributed by atoms with Gasteiger partial charge in [-0.15, -0.1) is 0 Å². The molecule has 3 rings (SSSR count). The number of aliphatic hydroxyl groups is 1. The van der Waals surface area contributed by atoms with Crippen molar-refractivity contribution in [1.82, 2.24) is 14.5 Å². The van der Waals surface area contributed by atoms with Crippen LogP contribution in [0.15, 0.2) is 18.6 Å². The van der Waals surface area contributed by atoms with Crippen molar-refractivity contribution in [2.45, 2.75) is 12.5 Å². The van der Waals surface area contributed by atoms with E-state index in [1.807, 2.05) is 24.6 Å². The molecule has 1 fully saturated rings. The van der Waals surface area contributed by atoms with E-state index in [4.69, 9.17) is 0 Å². The quantitative estimate of drug-likeness (QED) is 0.759. The lowest BCUT2D eigenvalue weighted by atomic mass is 9.97. The van der Waals surface area contributed by atoms with Crippen molar-refractivity contribution in [3.05, 3.63) is 18.6 Å². The number of hydrogen-bond donors (Lipinski definition) is 1. The molecule has 0 spiro atoms. The Morgan fingerprint density at radius 2 is 2.12 bits per heavy atom. The number of fused-ring (bicyclic) bond motifs is 1. The van der Waals surface area contributed by atoms with E-state index in [1.165, 1.54) is 0 Å². The van der Waals surface area contributed by atoms with Gasteiger partial charge < -0.3 is 14.6 Å². The van der Waals surface area contributed by atoms with Crippen LogP contribution in [0.2, 0.25) is 0 Å². The number of aromatic nitrogens is 3. The third-order valence-corrected chi connectivity index (χ3v) is 2.99. The standard InChI is InChI=1S/C11H14N4O/c1-11(16)5-15(6-11)10-9-8(3-4-12-10)14(2)7-13-9/h3-4,7,16H,5-6H2,1-2H3. The van der Waals surface area contributed by atoms with Gasteiger partial charge in [0.2, 0.25) is 0 Å². The maximum Gasteiger partial charge on any atom is 0.156 e. The summed E-state index contributed by atoms with van der Waals surface area (Å²) < 4.78 is 1.97. The number of anilines is 1. The highest BCUT2D eigenvalue weighted by Crippen LogP contribution is 2.30. The molecule has 0 bridgehead atoms. The molecule has 84 valence electrons.